The van der Waals surface area contributed by atoms with Crippen molar-refractivity contribution in [3.05, 3.63) is 41.2 Å². The highest BCUT2D eigenvalue weighted by molar-refractivity contribution is 5.88. The number of rotatable bonds is 5. The van der Waals surface area contributed by atoms with Crippen LogP contribution in [0.4, 0.5) is 11.4 Å². The minimum Gasteiger partial charge on any atom is -0.376 e. The van der Waals surface area contributed by atoms with Crippen LogP contribution in [0.3, 0.4) is 0 Å². The monoisotopic (exact) mass is 300 g/mol. The molecule has 0 bridgehead atoms. The lowest BCUT2D eigenvalue weighted by atomic mass is 10.1. The Bertz CT molecular complexity index is 675. The van der Waals surface area contributed by atoms with E-state index in [1.807, 2.05) is 29.8 Å². The predicted molar refractivity (Wildman–Crippen MR) is 90.2 cm³/mol. The van der Waals surface area contributed by atoms with Crippen molar-refractivity contribution in [2.75, 3.05) is 10.6 Å². The molecule has 22 heavy (non-hydrogen) atoms. The van der Waals surface area contributed by atoms with Gasteiger partial charge in [-0.1, -0.05) is 12.1 Å². The fraction of sp³-hybridized carbons (Fsp3) is 0.412. The Morgan fingerprint density at radius 2 is 2.09 bits per heavy atom. The molecule has 0 aliphatic carbocycles. The SMILES string of the molecule is CCn1nc(C)c(N[C@H](C)c2cccc(NC(C)=O)c2)c1C. The van der Waals surface area contributed by atoms with Crippen LogP contribution < -0.4 is 10.6 Å². The van der Waals surface area contributed by atoms with E-state index in [4.69, 9.17) is 0 Å². The van der Waals surface area contributed by atoms with Gasteiger partial charge in [0.15, 0.2) is 0 Å². The van der Waals surface area contributed by atoms with Crippen LogP contribution in [-0.4, -0.2) is 15.7 Å². The van der Waals surface area contributed by atoms with Crippen molar-refractivity contribution in [1.29, 1.82) is 0 Å². The molecule has 2 N–H and O–H groups in total. The van der Waals surface area contributed by atoms with Crippen molar-refractivity contribution < 1.29 is 4.79 Å². The van der Waals surface area contributed by atoms with Crippen LogP contribution in [0.15, 0.2) is 24.3 Å². The van der Waals surface area contributed by atoms with Crippen LogP contribution in [0, 0.1) is 13.8 Å². The van der Waals surface area contributed by atoms with Gasteiger partial charge in [-0.15, -0.1) is 0 Å². The van der Waals surface area contributed by atoms with Gasteiger partial charge in [-0.05, 0) is 45.4 Å². The van der Waals surface area contributed by atoms with Crippen molar-refractivity contribution in [3.8, 4) is 0 Å². The molecule has 2 aromatic rings. The summed E-state index contributed by atoms with van der Waals surface area (Å²) in [5.41, 5.74) is 5.17. The lowest BCUT2D eigenvalue weighted by Gasteiger charge is -2.17. The Morgan fingerprint density at radius 1 is 1.36 bits per heavy atom. The van der Waals surface area contributed by atoms with E-state index >= 15 is 0 Å². The summed E-state index contributed by atoms with van der Waals surface area (Å²) in [5, 5.41) is 10.9. The highest BCUT2D eigenvalue weighted by Crippen LogP contribution is 2.26. The van der Waals surface area contributed by atoms with Gasteiger partial charge in [-0.25, -0.2) is 0 Å². The number of hydrogen-bond donors (Lipinski definition) is 2. The molecule has 5 heteroatoms. The number of carbonyl (C=O) groups is 1. The Kier molecular flexibility index (Phi) is 4.85. The molecule has 1 heterocycles. The lowest BCUT2D eigenvalue weighted by Crippen LogP contribution is -2.10. The maximum Gasteiger partial charge on any atom is 0.221 e. The summed E-state index contributed by atoms with van der Waals surface area (Å²) in [7, 11) is 0. The molecule has 118 valence electrons. The largest absolute Gasteiger partial charge is 0.376 e. The van der Waals surface area contributed by atoms with Crippen LogP contribution in [0.5, 0.6) is 0 Å². The minimum absolute atomic E-state index is 0.0614. The second-order valence-electron chi connectivity index (χ2n) is 5.53. The summed E-state index contributed by atoms with van der Waals surface area (Å²) in [6.45, 7) is 10.7. The Morgan fingerprint density at radius 3 is 2.68 bits per heavy atom. The first-order valence-electron chi connectivity index (χ1n) is 7.60. The average molecular weight is 300 g/mol. The third-order valence-electron chi connectivity index (χ3n) is 3.75. The molecule has 1 aromatic carbocycles. The van der Waals surface area contributed by atoms with Gasteiger partial charge in [-0.2, -0.15) is 5.10 Å². The van der Waals surface area contributed by atoms with Gasteiger partial charge in [-0.3, -0.25) is 9.48 Å². The Balaban J connectivity index is 2.20. The average Bonchev–Trinajstić information content (AvgIpc) is 2.74. The predicted octanol–water partition coefficient (Wildman–Crippen LogP) is 3.65. The number of amides is 1. The lowest BCUT2D eigenvalue weighted by molar-refractivity contribution is -0.114. The zero-order valence-corrected chi connectivity index (χ0v) is 13.9. The number of aromatic nitrogens is 2. The summed E-state index contributed by atoms with van der Waals surface area (Å²) < 4.78 is 2.00. The maximum absolute atomic E-state index is 11.2. The summed E-state index contributed by atoms with van der Waals surface area (Å²) in [6.07, 6.45) is 0. The van der Waals surface area contributed by atoms with Gasteiger partial charge < -0.3 is 10.6 Å². The Labute approximate surface area is 131 Å². The van der Waals surface area contributed by atoms with Crippen molar-refractivity contribution in [2.45, 2.75) is 47.2 Å². The van der Waals surface area contributed by atoms with E-state index in [2.05, 4.69) is 42.6 Å². The van der Waals surface area contributed by atoms with E-state index < -0.39 is 0 Å². The molecule has 2 rings (SSSR count). The maximum atomic E-state index is 11.2. The van der Waals surface area contributed by atoms with Gasteiger partial charge in [0, 0.05) is 25.2 Å². The molecule has 0 aliphatic heterocycles. The Hall–Kier alpha value is -2.30. The normalized spacial score (nSPS) is 12.0. The molecule has 0 spiro atoms. The first-order chi connectivity index (χ1) is 10.4. The molecule has 0 fully saturated rings. The zero-order valence-electron chi connectivity index (χ0n) is 13.9. The van der Waals surface area contributed by atoms with Crippen LogP contribution in [0.1, 0.15) is 43.8 Å². The fourth-order valence-corrected chi connectivity index (χ4v) is 2.60. The highest BCUT2D eigenvalue weighted by atomic mass is 16.1. The number of aryl methyl sites for hydroxylation is 2. The molecular formula is C17H24N4O. The van der Waals surface area contributed by atoms with E-state index in [1.54, 1.807) is 0 Å². The topological polar surface area (TPSA) is 59.0 Å². The number of nitrogens with zero attached hydrogens (tertiary/aromatic N) is 2. The number of nitrogens with one attached hydrogen (secondary N) is 2. The molecule has 0 saturated carbocycles. The van der Waals surface area contributed by atoms with E-state index in [0.29, 0.717) is 0 Å². The van der Waals surface area contributed by atoms with Crippen molar-refractivity contribution >= 4 is 17.3 Å². The first-order valence-corrected chi connectivity index (χ1v) is 7.60. The molecule has 0 unspecified atom stereocenters. The van der Waals surface area contributed by atoms with Gasteiger partial charge in [0.2, 0.25) is 5.91 Å². The standard InChI is InChI=1S/C17H24N4O/c1-6-21-13(4)17(12(3)20-21)18-11(2)15-8-7-9-16(10-15)19-14(5)22/h7-11,18H,6H2,1-5H3,(H,19,22)/t11-/m1/s1. The second kappa shape index (κ2) is 6.64. The van der Waals surface area contributed by atoms with Crippen molar-refractivity contribution in [1.82, 2.24) is 9.78 Å². The van der Waals surface area contributed by atoms with Crippen LogP contribution in [-0.2, 0) is 11.3 Å². The van der Waals surface area contributed by atoms with E-state index in [9.17, 15) is 4.79 Å². The zero-order chi connectivity index (χ0) is 16.3. The van der Waals surface area contributed by atoms with E-state index in [-0.39, 0.29) is 11.9 Å². The van der Waals surface area contributed by atoms with Crippen molar-refractivity contribution in [3.63, 3.8) is 0 Å². The molecule has 0 aliphatic rings. The summed E-state index contributed by atoms with van der Waals surface area (Å²) in [4.78, 5) is 11.2. The first kappa shape index (κ1) is 16.1. The second-order valence-corrected chi connectivity index (χ2v) is 5.53. The molecule has 1 atom stereocenters. The van der Waals surface area contributed by atoms with Gasteiger partial charge in [0.1, 0.15) is 0 Å². The fourth-order valence-electron chi connectivity index (χ4n) is 2.60. The number of benzene rings is 1. The molecule has 0 radical (unpaired) electrons. The van der Waals surface area contributed by atoms with Gasteiger partial charge in [0.05, 0.1) is 17.1 Å². The quantitative estimate of drug-likeness (QED) is 0.886. The number of anilines is 2. The molecule has 0 saturated heterocycles. The highest BCUT2D eigenvalue weighted by Gasteiger charge is 2.14. The van der Waals surface area contributed by atoms with Crippen LogP contribution >= 0.6 is 0 Å². The van der Waals surface area contributed by atoms with Crippen LogP contribution in [0.25, 0.3) is 0 Å². The minimum atomic E-state index is -0.0614. The number of hydrogen-bond acceptors (Lipinski definition) is 3. The van der Waals surface area contributed by atoms with Crippen molar-refractivity contribution in [2.24, 2.45) is 0 Å². The smallest absolute Gasteiger partial charge is 0.221 e. The van der Waals surface area contributed by atoms with Crippen LogP contribution in [0.2, 0.25) is 0 Å². The van der Waals surface area contributed by atoms with Gasteiger partial charge in [0.25, 0.3) is 0 Å². The molecule has 1 amide bonds. The molecule has 5 nitrogen and oxygen atoms in total. The molecular weight excluding hydrogens is 276 g/mol. The summed E-state index contributed by atoms with van der Waals surface area (Å²) in [5.74, 6) is -0.0614. The number of carbonyl (C=O) groups excluding carboxylic acids is 1. The molecule has 1 aromatic heterocycles. The third-order valence-corrected chi connectivity index (χ3v) is 3.75. The summed E-state index contributed by atoms with van der Waals surface area (Å²) >= 11 is 0. The third kappa shape index (κ3) is 3.47. The van der Waals surface area contributed by atoms with Gasteiger partial charge >= 0.3 is 0 Å². The van der Waals surface area contributed by atoms with E-state index in [0.717, 1.165) is 34.9 Å². The summed E-state index contributed by atoms with van der Waals surface area (Å²) in [6, 6.07) is 8.02. The van der Waals surface area contributed by atoms with E-state index in [1.165, 1.54) is 6.92 Å².